The minimum Gasteiger partial charge on any atom is -0.367 e. The van der Waals surface area contributed by atoms with E-state index in [0.717, 1.165) is 12.8 Å². The van der Waals surface area contributed by atoms with E-state index in [4.69, 9.17) is 9.26 Å². The molecule has 1 aliphatic rings. The maximum Gasteiger partial charge on any atom is 0.252 e. The molecule has 0 aliphatic carbocycles. The number of ether oxygens (including phenoxy) is 1. The number of aryl methyl sites for hydroxylation is 3. The Balaban J connectivity index is 1.69. The van der Waals surface area contributed by atoms with Gasteiger partial charge in [0.15, 0.2) is 5.82 Å². The van der Waals surface area contributed by atoms with Gasteiger partial charge in [0, 0.05) is 13.1 Å². The van der Waals surface area contributed by atoms with Crippen LogP contribution in [0.2, 0.25) is 0 Å². The van der Waals surface area contributed by atoms with Gasteiger partial charge in [0.1, 0.15) is 11.5 Å². The first kappa shape index (κ1) is 17.1. The van der Waals surface area contributed by atoms with E-state index in [0.29, 0.717) is 36.2 Å². The summed E-state index contributed by atoms with van der Waals surface area (Å²) in [7, 11) is -3.58. The number of sulfonamides is 1. The van der Waals surface area contributed by atoms with Gasteiger partial charge in [0.25, 0.3) is 5.89 Å². The van der Waals surface area contributed by atoms with Crippen LogP contribution >= 0.6 is 0 Å². The van der Waals surface area contributed by atoms with Crippen LogP contribution in [0.15, 0.2) is 9.42 Å². The molecular weight excluding hydrogens is 334 g/mol. The summed E-state index contributed by atoms with van der Waals surface area (Å²) in [6.45, 7) is 6.10. The van der Waals surface area contributed by atoms with Crippen molar-refractivity contribution in [2.75, 3.05) is 13.1 Å². The third kappa shape index (κ3) is 3.35. The summed E-state index contributed by atoms with van der Waals surface area (Å²) in [6.07, 6.45) is 1.33. The van der Waals surface area contributed by atoms with E-state index >= 15 is 0 Å². The molecule has 1 fully saturated rings. The van der Waals surface area contributed by atoms with Gasteiger partial charge < -0.3 is 9.26 Å². The summed E-state index contributed by atoms with van der Waals surface area (Å²) in [5.41, 5.74) is 1.04. The predicted octanol–water partition coefficient (Wildman–Crippen LogP) is 1.09. The third-order valence-electron chi connectivity index (χ3n) is 4.01. The Morgan fingerprint density at radius 3 is 2.79 bits per heavy atom. The van der Waals surface area contributed by atoms with E-state index in [1.807, 2.05) is 0 Å². The summed E-state index contributed by atoms with van der Waals surface area (Å²) < 4.78 is 38.0. The smallest absolute Gasteiger partial charge is 0.252 e. The first-order valence-electron chi connectivity index (χ1n) is 7.80. The largest absolute Gasteiger partial charge is 0.367 e. The molecule has 2 aromatic heterocycles. The number of rotatable bonds is 5. The number of piperidine rings is 1. The van der Waals surface area contributed by atoms with E-state index in [9.17, 15) is 8.42 Å². The van der Waals surface area contributed by atoms with Crippen molar-refractivity contribution < 1.29 is 17.7 Å². The third-order valence-corrected chi connectivity index (χ3v) is 6.14. The van der Waals surface area contributed by atoms with Crippen LogP contribution in [-0.4, -0.2) is 52.3 Å². The van der Waals surface area contributed by atoms with Gasteiger partial charge in [-0.3, -0.25) is 5.10 Å². The van der Waals surface area contributed by atoms with Gasteiger partial charge >= 0.3 is 0 Å². The Bertz CT molecular complexity index is 793. The molecule has 1 saturated heterocycles. The van der Waals surface area contributed by atoms with Crippen molar-refractivity contribution in [3.63, 3.8) is 0 Å². The number of nitrogens with one attached hydrogen (secondary N) is 1. The second kappa shape index (κ2) is 6.61. The molecule has 0 aromatic carbocycles. The van der Waals surface area contributed by atoms with Crippen LogP contribution in [0.25, 0.3) is 0 Å². The average molecular weight is 355 g/mol. The molecule has 0 radical (unpaired) electrons. The fourth-order valence-corrected chi connectivity index (χ4v) is 4.74. The SMILES string of the molecule is Cc1noc(COC2CCCN(S(=O)(=O)c3c(C)n[nH]c3C)C2)n1. The van der Waals surface area contributed by atoms with Crippen molar-refractivity contribution >= 4 is 10.0 Å². The summed E-state index contributed by atoms with van der Waals surface area (Å²) in [6, 6.07) is 0. The van der Waals surface area contributed by atoms with Gasteiger partial charge in [-0.2, -0.15) is 14.4 Å². The van der Waals surface area contributed by atoms with Crippen LogP contribution in [0.4, 0.5) is 0 Å². The second-order valence-electron chi connectivity index (χ2n) is 5.94. The number of hydrogen-bond donors (Lipinski definition) is 1. The van der Waals surface area contributed by atoms with E-state index in [-0.39, 0.29) is 17.6 Å². The van der Waals surface area contributed by atoms with Gasteiger partial charge in [0.2, 0.25) is 10.0 Å². The lowest BCUT2D eigenvalue weighted by molar-refractivity contribution is -0.00297. The molecule has 10 heteroatoms. The summed E-state index contributed by atoms with van der Waals surface area (Å²) in [4.78, 5) is 4.34. The van der Waals surface area contributed by atoms with Crippen LogP contribution in [-0.2, 0) is 21.4 Å². The summed E-state index contributed by atoms with van der Waals surface area (Å²) in [5, 5.41) is 10.4. The van der Waals surface area contributed by atoms with Crippen molar-refractivity contribution in [3.8, 4) is 0 Å². The molecule has 0 bridgehead atoms. The summed E-state index contributed by atoms with van der Waals surface area (Å²) >= 11 is 0. The zero-order chi connectivity index (χ0) is 17.3. The molecule has 9 nitrogen and oxygen atoms in total. The van der Waals surface area contributed by atoms with E-state index in [1.54, 1.807) is 20.8 Å². The van der Waals surface area contributed by atoms with Crippen molar-refractivity contribution in [2.45, 2.75) is 51.2 Å². The number of aromatic amines is 1. The molecule has 3 rings (SSSR count). The quantitative estimate of drug-likeness (QED) is 0.853. The second-order valence-corrected chi connectivity index (χ2v) is 7.81. The normalized spacial score (nSPS) is 19.7. The summed E-state index contributed by atoms with van der Waals surface area (Å²) in [5.74, 6) is 0.946. The fraction of sp³-hybridized carbons (Fsp3) is 0.643. The number of H-pyrrole nitrogens is 1. The Morgan fingerprint density at radius 1 is 1.38 bits per heavy atom. The predicted molar refractivity (Wildman–Crippen MR) is 83.7 cm³/mol. The van der Waals surface area contributed by atoms with Crippen LogP contribution in [0.5, 0.6) is 0 Å². The molecule has 0 spiro atoms. The lowest BCUT2D eigenvalue weighted by Crippen LogP contribution is -2.43. The molecule has 3 heterocycles. The first-order valence-corrected chi connectivity index (χ1v) is 9.24. The molecule has 1 atom stereocenters. The van der Waals surface area contributed by atoms with Crippen LogP contribution in [0.3, 0.4) is 0 Å². The Morgan fingerprint density at radius 2 is 2.17 bits per heavy atom. The van der Waals surface area contributed by atoms with Crippen molar-refractivity contribution in [2.24, 2.45) is 0 Å². The molecule has 2 aromatic rings. The van der Waals surface area contributed by atoms with E-state index in [1.165, 1.54) is 4.31 Å². The van der Waals surface area contributed by atoms with E-state index in [2.05, 4.69) is 20.3 Å². The van der Waals surface area contributed by atoms with Gasteiger partial charge in [-0.25, -0.2) is 8.42 Å². The standard InChI is InChI=1S/C14H21N5O4S/c1-9-14(10(2)17-16-9)24(20,21)19-6-4-5-12(7-19)22-8-13-15-11(3)18-23-13/h12H,4-8H2,1-3H3,(H,16,17). The van der Waals surface area contributed by atoms with Crippen LogP contribution in [0.1, 0.15) is 35.9 Å². The molecule has 1 unspecified atom stereocenters. The number of nitrogens with zero attached hydrogens (tertiary/aromatic N) is 4. The van der Waals surface area contributed by atoms with Crippen molar-refractivity contribution in [1.29, 1.82) is 0 Å². The highest BCUT2D eigenvalue weighted by Gasteiger charge is 2.34. The molecule has 1 aliphatic heterocycles. The Kier molecular flexibility index (Phi) is 4.70. The molecule has 132 valence electrons. The van der Waals surface area contributed by atoms with Gasteiger partial charge in [0.05, 0.1) is 17.5 Å². The Hall–Kier alpha value is -1.78. The molecular formula is C14H21N5O4S. The van der Waals surface area contributed by atoms with Gasteiger partial charge in [-0.05, 0) is 33.6 Å². The molecule has 0 amide bonds. The van der Waals surface area contributed by atoms with Gasteiger partial charge in [-0.15, -0.1) is 0 Å². The maximum absolute atomic E-state index is 12.9. The average Bonchev–Trinajstić information content (AvgIpc) is 3.11. The molecule has 1 N–H and O–H groups in total. The lowest BCUT2D eigenvalue weighted by Gasteiger charge is -2.31. The minimum atomic E-state index is -3.58. The van der Waals surface area contributed by atoms with Gasteiger partial charge in [-0.1, -0.05) is 5.16 Å². The monoisotopic (exact) mass is 355 g/mol. The van der Waals surface area contributed by atoms with E-state index < -0.39 is 10.0 Å². The topological polar surface area (TPSA) is 114 Å². The number of aromatic nitrogens is 4. The van der Waals surface area contributed by atoms with Crippen molar-refractivity contribution in [3.05, 3.63) is 23.1 Å². The lowest BCUT2D eigenvalue weighted by atomic mass is 10.1. The minimum absolute atomic E-state index is 0.184. The first-order chi connectivity index (χ1) is 11.4. The zero-order valence-electron chi connectivity index (χ0n) is 13.9. The zero-order valence-corrected chi connectivity index (χ0v) is 14.8. The molecule has 0 saturated carbocycles. The van der Waals surface area contributed by atoms with Crippen LogP contribution < -0.4 is 0 Å². The van der Waals surface area contributed by atoms with Crippen LogP contribution in [0, 0.1) is 20.8 Å². The fourth-order valence-electron chi connectivity index (χ4n) is 2.90. The highest BCUT2D eigenvalue weighted by atomic mass is 32.2. The Labute approximate surface area is 140 Å². The maximum atomic E-state index is 12.9. The highest BCUT2D eigenvalue weighted by Crippen LogP contribution is 2.25. The van der Waals surface area contributed by atoms with Crippen molar-refractivity contribution in [1.82, 2.24) is 24.6 Å². The highest BCUT2D eigenvalue weighted by molar-refractivity contribution is 7.89. The number of hydrogen-bond acceptors (Lipinski definition) is 7. The molecule has 24 heavy (non-hydrogen) atoms.